The van der Waals surface area contributed by atoms with Crippen LogP contribution in [0.15, 0.2) is 57.7 Å². The number of carbonyl (C=O) groups excluding carboxylic acids is 1. The maximum Gasteiger partial charge on any atom is 0.351 e. The van der Waals surface area contributed by atoms with E-state index in [1.165, 1.54) is 6.92 Å². The van der Waals surface area contributed by atoms with Gasteiger partial charge in [-0.2, -0.15) is 5.26 Å². The Kier molecular flexibility index (Phi) is 3.69. The monoisotopic (exact) mass is 404 g/mol. The van der Waals surface area contributed by atoms with Crippen LogP contribution in [0, 0.1) is 11.3 Å². The summed E-state index contributed by atoms with van der Waals surface area (Å²) in [5, 5.41) is 13.5. The molecule has 8 heteroatoms. The Hall–Kier alpha value is -3.83. The molecule has 0 unspecified atom stereocenters. The molecule has 2 aromatic carbocycles. The summed E-state index contributed by atoms with van der Waals surface area (Å²) in [6, 6.07) is 16.0. The summed E-state index contributed by atoms with van der Waals surface area (Å²) in [6.07, 6.45) is 0. The minimum Gasteiger partial charge on any atom is -0.497 e. The molecule has 5 rings (SSSR count). The van der Waals surface area contributed by atoms with Gasteiger partial charge in [-0.25, -0.2) is 10.1 Å². The first-order valence-corrected chi connectivity index (χ1v) is 9.23. The predicted octanol–water partition coefficient (Wildman–Crippen LogP) is 2.41. The van der Waals surface area contributed by atoms with Crippen LogP contribution in [-0.2, 0) is 9.53 Å². The molecule has 3 atom stereocenters. The number of hydrogen-bond donors (Lipinski definition) is 1. The van der Waals surface area contributed by atoms with Crippen molar-refractivity contribution in [3.05, 3.63) is 70.1 Å². The zero-order valence-corrected chi connectivity index (χ0v) is 16.1. The molecule has 2 aliphatic rings. The largest absolute Gasteiger partial charge is 0.497 e. The van der Waals surface area contributed by atoms with Gasteiger partial charge in [-0.15, -0.1) is 0 Å². The number of benzene rings is 2. The van der Waals surface area contributed by atoms with Crippen LogP contribution in [0.2, 0.25) is 0 Å². The molecule has 0 saturated carbocycles. The summed E-state index contributed by atoms with van der Waals surface area (Å²) < 4.78 is 22.2. The third-order valence-corrected chi connectivity index (χ3v) is 5.50. The Morgan fingerprint density at radius 2 is 1.93 bits per heavy atom. The van der Waals surface area contributed by atoms with Crippen LogP contribution in [0.5, 0.6) is 11.5 Å². The van der Waals surface area contributed by atoms with Gasteiger partial charge in [-0.3, -0.25) is 4.79 Å². The van der Waals surface area contributed by atoms with Crippen LogP contribution in [-0.4, -0.2) is 24.5 Å². The van der Waals surface area contributed by atoms with Gasteiger partial charge in [-0.1, -0.05) is 24.3 Å². The Labute approximate surface area is 170 Å². The molecule has 0 bridgehead atoms. The van der Waals surface area contributed by atoms with Gasteiger partial charge in [0.15, 0.2) is 0 Å². The molecule has 0 aliphatic carbocycles. The van der Waals surface area contributed by atoms with Crippen molar-refractivity contribution in [2.75, 3.05) is 7.11 Å². The molecule has 0 spiro atoms. The number of rotatable bonds is 3. The van der Waals surface area contributed by atoms with Gasteiger partial charge in [0.05, 0.1) is 30.0 Å². The predicted molar refractivity (Wildman–Crippen MR) is 104 cm³/mol. The highest BCUT2D eigenvalue weighted by atomic mass is 16.8. The lowest BCUT2D eigenvalue weighted by Gasteiger charge is -2.32. The van der Waals surface area contributed by atoms with E-state index in [-0.39, 0.29) is 11.3 Å². The fraction of sp³-hybridized carbons (Fsp3) is 0.227. The third kappa shape index (κ3) is 2.30. The number of methoxy groups -OCH3 is 1. The van der Waals surface area contributed by atoms with Crippen LogP contribution in [0.4, 0.5) is 0 Å². The second-order valence-electron chi connectivity index (χ2n) is 7.19. The van der Waals surface area contributed by atoms with Gasteiger partial charge in [0.25, 0.3) is 0 Å². The molecule has 1 fully saturated rings. The van der Waals surface area contributed by atoms with E-state index >= 15 is 0 Å². The Bertz CT molecular complexity index is 1290. The summed E-state index contributed by atoms with van der Waals surface area (Å²) >= 11 is 0. The molecule has 1 N–H and O–H groups in total. The molecule has 3 aromatic rings. The summed E-state index contributed by atoms with van der Waals surface area (Å²) in [5.74, 6) is -2.29. The second kappa shape index (κ2) is 6.08. The van der Waals surface area contributed by atoms with E-state index in [9.17, 15) is 14.9 Å². The third-order valence-electron chi connectivity index (χ3n) is 5.50. The minimum atomic E-state index is -1.71. The van der Waals surface area contributed by atoms with Crippen LogP contribution < -0.4 is 20.4 Å². The number of hydrogen-bond acceptors (Lipinski definition) is 8. The van der Waals surface area contributed by atoms with Gasteiger partial charge in [-0.05, 0) is 29.8 Å². The lowest BCUT2D eigenvalue weighted by molar-refractivity contribution is -0.173. The van der Waals surface area contributed by atoms with Crippen LogP contribution in [0.1, 0.15) is 24.0 Å². The molecule has 1 saturated heterocycles. The highest BCUT2D eigenvalue weighted by molar-refractivity contribution is 5.86. The lowest BCUT2D eigenvalue weighted by Crippen LogP contribution is -2.45. The number of carbonyl (C=O) groups is 1. The van der Waals surface area contributed by atoms with E-state index in [0.717, 1.165) is 0 Å². The molecule has 8 nitrogen and oxygen atoms in total. The van der Waals surface area contributed by atoms with Crippen LogP contribution in [0.25, 0.3) is 11.0 Å². The van der Waals surface area contributed by atoms with Crippen molar-refractivity contribution in [2.45, 2.75) is 24.3 Å². The number of nitrogens with one attached hydrogen (secondary N) is 1. The van der Waals surface area contributed by atoms with E-state index in [4.69, 9.17) is 18.6 Å². The van der Waals surface area contributed by atoms with E-state index in [2.05, 4.69) is 11.4 Å². The van der Waals surface area contributed by atoms with Crippen LogP contribution in [0.3, 0.4) is 0 Å². The fourth-order valence-corrected chi connectivity index (χ4v) is 4.16. The molecule has 0 radical (unpaired) electrons. The molecule has 0 amide bonds. The zero-order chi connectivity index (χ0) is 21.1. The van der Waals surface area contributed by atoms with Gasteiger partial charge in [0.2, 0.25) is 5.54 Å². The van der Waals surface area contributed by atoms with Gasteiger partial charge in [0, 0.05) is 6.92 Å². The van der Waals surface area contributed by atoms with Gasteiger partial charge < -0.3 is 18.6 Å². The van der Waals surface area contributed by atoms with Gasteiger partial charge >= 0.3 is 17.5 Å². The standard InChI is InChI=1S/C22H16N2O6/c1-12(25)29-22-21(11-23,24-22)18(13-7-9-14(27-2)10-8-13)17-19(30-22)15-5-3-4-6-16(15)28-20(17)26/h3-10,18,24H,1-2H3/t18-,21-,22+/m0/s1. The van der Waals surface area contributed by atoms with Crippen molar-refractivity contribution in [2.24, 2.45) is 0 Å². The van der Waals surface area contributed by atoms with Crippen molar-refractivity contribution < 1.29 is 23.4 Å². The van der Waals surface area contributed by atoms with Gasteiger partial charge in [0.1, 0.15) is 17.1 Å². The molecule has 30 heavy (non-hydrogen) atoms. The Balaban J connectivity index is 1.82. The molecule has 150 valence electrons. The molecule has 1 aromatic heterocycles. The minimum absolute atomic E-state index is 0.188. The van der Waals surface area contributed by atoms with Crippen LogP contribution >= 0.6 is 0 Å². The average Bonchev–Trinajstić information content (AvgIpc) is 3.39. The highest BCUT2D eigenvalue weighted by Crippen LogP contribution is 2.58. The van der Waals surface area contributed by atoms with E-state index in [1.54, 1.807) is 55.6 Å². The van der Waals surface area contributed by atoms with E-state index < -0.39 is 29.0 Å². The summed E-state index contributed by atoms with van der Waals surface area (Å²) in [7, 11) is 1.55. The number of ether oxygens (including phenoxy) is 3. The van der Waals surface area contributed by atoms with Crippen molar-refractivity contribution in [1.82, 2.24) is 5.32 Å². The zero-order valence-electron chi connectivity index (χ0n) is 16.1. The van der Waals surface area contributed by atoms with Crippen molar-refractivity contribution in [3.8, 4) is 17.6 Å². The SMILES string of the molecule is COc1ccc([C@H]2c3c(c4ccccc4oc3=O)O[C@@]3(OC(C)=O)N[C@@]23C#N)cc1. The first-order chi connectivity index (χ1) is 14.4. The smallest absolute Gasteiger partial charge is 0.351 e. The maximum atomic E-state index is 13.0. The Morgan fingerprint density at radius 1 is 1.20 bits per heavy atom. The molecule has 3 heterocycles. The normalized spacial score (nSPS) is 26.0. The number of nitrogens with zero attached hydrogens (tertiary/aromatic N) is 1. The number of esters is 1. The first-order valence-electron chi connectivity index (χ1n) is 9.23. The lowest BCUT2D eigenvalue weighted by atomic mass is 9.78. The molecule has 2 aliphatic heterocycles. The quantitative estimate of drug-likeness (QED) is 0.401. The summed E-state index contributed by atoms with van der Waals surface area (Å²) in [5.41, 5.74) is -0.946. The van der Waals surface area contributed by atoms with E-state index in [0.29, 0.717) is 22.3 Å². The topological polar surface area (TPSA) is 121 Å². The molecular formula is C22H16N2O6. The number of fused-ring (bicyclic) bond motifs is 4. The first kappa shape index (κ1) is 18.2. The van der Waals surface area contributed by atoms with Crippen molar-refractivity contribution in [1.29, 1.82) is 5.26 Å². The molecular weight excluding hydrogens is 388 g/mol. The second-order valence-corrected chi connectivity index (χ2v) is 7.19. The Morgan fingerprint density at radius 3 is 2.60 bits per heavy atom. The maximum absolute atomic E-state index is 13.0. The van der Waals surface area contributed by atoms with Crippen molar-refractivity contribution >= 4 is 16.9 Å². The van der Waals surface area contributed by atoms with Crippen molar-refractivity contribution in [3.63, 3.8) is 0 Å². The summed E-state index contributed by atoms with van der Waals surface area (Å²) in [6.45, 7) is 1.23. The number of nitriles is 1. The van der Waals surface area contributed by atoms with E-state index in [1.807, 2.05) is 0 Å². The fourth-order valence-electron chi connectivity index (χ4n) is 4.16. The highest BCUT2D eigenvalue weighted by Gasteiger charge is 2.82. The summed E-state index contributed by atoms with van der Waals surface area (Å²) in [4.78, 5) is 24.8. The number of para-hydroxylation sites is 1. The average molecular weight is 404 g/mol.